The van der Waals surface area contributed by atoms with Crippen molar-refractivity contribution in [3.8, 4) is 0 Å². The Morgan fingerprint density at radius 2 is 2.12 bits per heavy atom. The third-order valence-corrected chi connectivity index (χ3v) is 3.51. The summed E-state index contributed by atoms with van der Waals surface area (Å²) < 4.78 is 4.92. The highest BCUT2D eigenvalue weighted by Crippen LogP contribution is 2.42. The first-order valence-corrected chi connectivity index (χ1v) is 5.97. The molecule has 1 rings (SSSR count). The average Bonchev–Trinajstić information content (AvgIpc) is 2.29. The van der Waals surface area contributed by atoms with Crippen LogP contribution >= 0.6 is 0 Å². The molecule has 1 aliphatic carbocycles. The highest BCUT2D eigenvalue weighted by molar-refractivity contribution is 5.99. The zero-order valence-electron chi connectivity index (χ0n) is 9.99. The van der Waals surface area contributed by atoms with E-state index in [9.17, 15) is 14.7 Å². The van der Waals surface area contributed by atoms with Gasteiger partial charge in [-0.05, 0) is 25.7 Å². The van der Waals surface area contributed by atoms with E-state index in [1.807, 2.05) is 6.92 Å². The summed E-state index contributed by atoms with van der Waals surface area (Å²) in [6.07, 6.45) is 3.58. The van der Waals surface area contributed by atoms with Crippen molar-refractivity contribution in [1.29, 1.82) is 0 Å². The summed E-state index contributed by atoms with van der Waals surface area (Å²) in [6.45, 7) is 3.98. The SMILES string of the molecule is CCOC(=O)C1(C(=O)O)CCCC(CC)C1. The van der Waals surface area contributed by atoms with E-state index in [0.29, 0.717) is 18.8 Å². The van der Waals surface area contributed by atoms with Crippen LogP contribution in [0.25, 0.3) is 0 Å². The summed E-state index contributed by atoms with van der Waals surface area (Å²) in [6, 6.07) is 0. The second kappa shape index (κ2) is 5.32. The predicted octanol–water partition coefficient (Wildman–Crippen LogP) is 2.22. The van der Waals surface area contributed by atoms with E-state index < -0.39 is 17.4 Å². The molecule has 4 heteroatoms. The first-order valence-electron chi connectivity index (χ1n) is 5.97. The van der Waals surface area contributed by atoms with E-state index in [1.165, 1.54) is 0 Å². The minimum absolute atomic E-state index is 0.241. The number of carbonyl (C=O) groups is 2. The van der Waals surface area contributed by atoms with Crippen LogP contribution in [-0.2, 0) is 14.3 Å². The van der Waals surface area contributed by atoms with Gasteiger partial charge >= 0.3 is 11.9 Å². The van der Waals surface area contributed by atoms with Crippen molar-refractivity contribution >= 4 is 11.9 Å². The average molecular weight is 228 g/mol. The molecule has 0 aromatic rings. The highest BCUT2D eigenvalue weighted by Gasteiger charge is 2.50. The molecule has 1 aliphatic rings. The van der Waals surface area contributed by atoms with Crippen LogP contribution in [0.15, 0.2) is 0 Å². The summed E-state index contributed by atoms with van der Waals surface area (Å²) >= 11 is 0. The smallest absolute Gasteiger partial charge is 0.323 e. The Morgan fingerprint density at radius 1 is 1.44 bits per heavy atom. The topological polar surface area (TPSA) is 63.6 Å². The molecule has 0 heterocycles. The van der Waals surface area contributed by atoms with Gasteiger partial charge in [-0.2, -0.15) is 0 Å². The van der Waals surface area contributed by atoms with E-state index in [4.69, 9.17) is 4.74 Å². The lowest BCUT2D eigenvalue weighted by molar-refractivity contribution is -0.172. The number of carbonyl (C=O) groups excluding carboxylic acids is 1. The molecule has 0 aromatic carbocycles. The van der Waals surface area contributed by atoms with Crippen molar-refractivity contribution < 1.29 is 19.4 Å². The van der Waals surface area contributed by atoms with Gasteiger partial charge in [0.1, 0.15) is 0 Å². The van der Waals surface area contributed by atoms with Crippen LogP contribution in [0.3, 0.4) is 0 Å². The molecule has 2 atom stereocenters. The molecule has 16 heavy (non-hydrogen) atoms. The number of esters is 1. The molecule has 4 nitrogen and oxygen atoms in total. The van der Waals surface area contributed by atoms with Crippen molar-refractivity contribution in [2.24, 2.45) is 11.3 Å². The molecule has 0 aliphatic heterocycles. The van der Waals surface area contributed by atoms with Gasteiger partial charge in [0.05, 0.1) is 6.61 Å². The fourth-order valence-corrected chi connectivity index (χ4v) is 2.47. The number of rotatable bonds is 4. The summed E-state index contributed by atoms with van der Waals surface area (Å²) in [7, 11) is 0. The first-order chi connectivity index (χ1) is 7.56. The van der Waals surface area contributed by atoms with Crippen molar-refractivity contribution in [3.05, 3.63) is 0 Å². The Balaban J connectivity index is 2.87. The van der Waals surface area contributed by atoms with Gasteiger partial charge < -0.3 is 9.84 Å². The normalized spacial score (nSPS) is 29.8. The minimum Gasteiger partial charge on any atom is -0.480 e. The van der Waals surface area contributed by atoms with Crippen LogP contribution in [0, 0.1) is 11.3 Å². The molecule has 92 valence electrons. The fraction of sp³-hybridized carbons (Fsp3) is 0.833. The van der Waals surface area contributed by atoms with E-state index in [1.54, 1.807) is 6.92 Å². The molecule has 2 unspecified atom stereocenters. The lowest BCUT2D eigenvalue weighted by atomic mass is 9.69. The largest absolute Gasteiger partial charge is 0.480 e. The maximum absolute atomic E-state index is 11.8. The zero-order chi connectivity index (χ0) is 12.2. The van der Waals surface area contributed by atoms with Crippen LogP contribution in [0.2, 0.25) is 0 Å². The first kappa shape index (κ1) is 13.0. The quantitative estimate of drug-likeness (QED) is 0.592. The zero-order valence-corrected chi connectivity index (χ0v) is 9.99. The van der Waals surface area contributed by atoms with Gasteiger partial charge in [0.2, 0.25) is 0 Å². The molecule has 0 bridgehead atoms. The molecule has 0 saturated heterocycles. The molecular weight excluding hydrogens is 208 g/mol. The van der Waals surface area contributed by atoms with E-state index >= 15 is 0 Å². The van der Waals surface area contributed by atoms with Crippen LogP contribution in [0.1, 0.15) is 46.0 Å². The number of ether oxygens (including phenoxy) is 1. The van der Waals surface area contributed by atoms with Gasteiger partial charge in [0.25, 0.3) is 0 Å². The molecule has 0 radical (unpaired) electrons. The van der Waals surface area contributed by atoms with E-state index in [-0.39, 0.29) is 6.61 Å². The maximum atomic E-state index is 11.8. The van der Waals surface area contributed by atoms with Gasteiger partial charge in [-0.3, -0.25) is 9.59 Å². The Kier molecular flexibility index (Phi) is 4.33. The second-order valence-corrected chi connectivity index (χ2v) is 4.48. The van der Waals surface area contributed by atoms with Crippen LogP contribution < -0.4 is 0 Å². The van der Waals surface area contributed by atoms with Gasteiger partial charge in [0.15, 0.2) is 5.41 Å². The molecule has 0 amide bonds. The molecule has 1 N–H and O–H groups in total. The third-order valence-electron chi connectivity index (χ3n) is 3.51. The highest BCUT2D eigenvalue weighted by atomic mass is 16.5. The molecule has 0 aromatic heterocycles. The number of hydrogen-bond donors (Lipinski definition) is 1. The Morgan fingerprint density at radius 3 is 2.62 bits per heavy atom. The molecule has 1 saturated carbocycles. The Bertz CT molecular complexity index is 274. The second-order valence-electron chi connectivity index (χ2n) is 4.48. The number of hydrogen-bond acceptors (Lipinski definition) is 3. The van der Waals surface area contributed by atoms with Crippen LogP contribution in [-0.4, -0.2) is 23.7 Å². The summed E-state index contributed by atoms with van der Waals surface area (Å²) in [4.78, 5) is 23.2. The number of aliphatic carboxylic acids is 1. The van der Waals surface area contributed by atoms with Crippen molar-refractivity contribution in [3.63, 3.8) is 0 Å². The summed E-state index contributed by atoms with van der Waals surface area (Å²) in [5.41, 5.74) is -1.28. The van der Waals surface area contributed by atoms with Gasteiger partial charge in [-0.1, -0.05) is 26.2 Å². The van der Waals surface area contributed by atoms with E-state index in [0.717, 1.165) is 19.3 Å². The number of carboxylic acid groups (broad SMARTS) is 1. The summed E-state index contributed by atoms with van der Waals surface area (Å²) in [5.74, 6) is -1.25. The van der Waals surface area contributed by atoms with Crippen molar-refractivity contribution in [1.82, 2.24) is 0 Å². The van der Waals surface area contributed by atoms with Crippen molar-refractivity contribution in [2.75, 3.05) is 6.61 Å². The van der Waals surface area contributed by atoms with Gasteiger partial charge in [-0.25, -0.2) is 0 Å². The number of carboxylic acids is 1. The standard InChI is InChI=1S/C12H20O4/c1-3-9-6-5-7-12(8-9,10(13)14)11(15)16-4-2/h9H,3-8H2,1-2H3,(H,13,14). The minimum atomic E-state index is -1.28. The Hall–Kier alpha value is -1.06. The van der Waals surface area contributed by atoms with Crippen molar-refractivity contribution in [2.45, 2.75) is 46.0 Å². The Labute approximate surface area is 96.0 Å². The van der Waals surface area contributed by atoms with Crippen LogP contribution in [0.5, 0.6) is 0 Å². The van der Waals surface area contributed by atoms with Gasteiger partial charge in [-0.15, -0.1) is 0 Å². The molecule has 0 spiro atoms. The molecule has 1 fully saturated rings. The maximum Gasteiger partial charge on any atom is 0.323 e. The van der Waals surface area contributed by atoms with Crippen LogP contribution in [0.4, 0.5) is 0 Å². The fourth-order valence-electron chi connectivity index (χ4n) is 2.47. The van der Waals surface area contributed by atoms with Gasteiger partial charge in [0, 0.05) is 0 Å². The third kappa shape index (κ3) is 2.36. The lowest BCUT2D eigenvalue weighted by Crippen LogP contribution is -2.44. The van der Waals surface area contributed by atoms with E-state index in [2.05, 4.69) is 0 Å². The predicted molar refractivity (Wildman–Crippen MR) is 59.0 cm³/mol. The molecular formula is C12H20O4. The monoisotopic (exact) mass is 228 g/mol. The lowest BCUT2D eigenvalue weighted by Gasteiger charge is -2.35. The summed E-state index contributed by atoms with van der Waals surface area (Å²) in [5, 5.41) is 9.30.